The summed E-state index contributed by atoms with van der Waals surface area (Å²) in [7, 11) is 0. The lowest BCUT2D eigenvalue weighted by molar-refractivity contribution is -0.141. The Morgan fingerprint density at radius 3 is 2.65 bits per heavy atom. The minimum absolute atomic E-state index is 0.196. The van der Waals surface area contributed by atoms with E-state index in [1.165, 1.54) is 4.90 Å². The van der Waals surface area contributed by atoms with Crippen LogP contribution in [-0.4, -0.2) is 46.0 Å². The van der Waals surface area contributed by atoms with Gasteiger partial charge in [-0.15, -0.1) is 0 Å². The van der Waals surface area contributed by atoms with Crippen molar-refractivity contribution in [3.8, 4) is 0 Å². The number of hydrogen-bond donors (Lipinski definition) is 1. The van der Waals surface area contributed by atoms with E-state index < -0.39 is 12.0 Å². The van der Waals surface area contributed by atoms with Crippen LogP contribution in [0.1, 0.15) is 10.4 Å². The van der Waals surface area contributed by atoms with Crippen LogP contribution in [0.3, 0.4) is 0 Å². The molecule has 17 heavy (non-hydrogen) atoms. The van der Waals surface area contributed by atoms with Gasteiger partial charge in [0.25, 0.3) is 5.91 Å². The molecule has 0 radical (unpaired) electrons. The number of carboxylic acid groups (broad SMARTS) is 1. The quantitative estimate of drug-likeness (QED) is 0.861. The van der Waals surface area contributed by atoms with Crippen molar-refractivity contribution in [1.82, 2.24) is 4.90 Å². The molecule has 0 aromatic heterocycles. The van der Waals surface area contributed by atoms with Crippen LogP contribution in [0, 0.1) is 0 Å². The molecule has 1 atom stereocenters. The molecular formula is C12H13NO3S. The largest absolute Gasteiger partial charge is 0.480 e. The van der Waals surface area contributed by atoms with Gasteiger partial charge in [-0.3, -0.25) is 4.79 Å². The molecule has 5 heteroatoms. The summed E-state index contributed by atoms with van der Waals surface area (Å²) in [5.74, 6) is 0.135. The van der Waals surface area contributed by atoms with Crippen LogP contribution in [0.2, 0.25) is 0 Å². The van der Waals surface area contributed by atoms with Crippen LogP contribution in [0.15, 0.2) is 30.3 Å². The first-order valence-corrected chi connectivity index (χ1v) is 6.52. The van der Waals surface area contributed by atoms with Crippen LogP contribution in [0.25, 0.3) is 0 Å². The number of rotatable bonds is 2. The summed E-state index contributed by atoms with van der Waals surface area (Å²) in [6.07, 6.45) is 0. The molecule has 1 amide bonds. The highest BCUT2D eigenvalue weighted by Crippen LogP contribution is 2.19. The van der Waals surface area contributed by atoms with Gasteiger partial charge < -0.3 is 10.0 Å². The van der Waals surface area contributed by atoms with Crippen molar-refractivity contribution in [2.45, 2.75) is 6.04 Å². The highest BCUT2D eigenvalue weighted by atomic mass is 32.2. The number of amides is 1. The summed E-state index contributed by atoms with van der Waals surface area (Å²) in [5, 5.41) is 9.10. The summed E-state index contributed by atoms with van der Waals surface area (Å²) in [5.41, 5.74) is 0.547. The fraction of sp³-hybridized carbons (Fsp3) is 0.333. The van der Waals surface area contributed by atoms with Gasteiger partial charge >= 0.3 is 5.97 Å². The number of benzene rings is 1. The number of hydrogen-bond acceptors (Lipinski definition) is 3. The molecule has 1 saturated heterocycles. The van der Waals surface area contributed by atoms with E-state index in [0.29, 0.717) is 17.9 Å². The van der Waals surface area contributed by atoms with E-state index in [-0.39, 0.29) is 5.91 Å². The van der Waals surface area contributed by atoms with Crippen molar-refractivity contribution in [2.75, 3.05) is 18.1 Å². The highest BCUT2D eigenvalue weighted by molar-refractivity contribution is 7.99. The van der Waals surface area contributed by atoms with Crippen molar-refractivity contribution in [3.05, 3.63) is 35.9 Å². The van der Waals surface area contributed by atoms with Gasteiger partial charge in [-0.25, -0.2) is 4.79 Å². The summed E-state index contributed by atoms with van der Waals surface area (Å²) < 4.78 is 0. The van der Waals surface area contributed by atoms with Gasteiger partial charge in [0.2, 0.25) is 0 Å². The summed E-state index contributed by atoms with van der Waals surface area (Å²) in [6.45, 7) is 0.495. The van der Waals surface area contributed by atoms with Gasteiger partial charge in [0.15, 0.2) is 0 Å². The van der Waals surface area contributed by atoms with Gasteiger partial charge in [0.1, 0.15) is 6.04 Å². The van der Waals surface area contributed by atoms with Crippen LogP contribution in [0.4, 0.5) is 0 Å². The standard InChI is InChI=1S/C12H13NO3S/c14-11(9-4-2-1-3-5-9)13-6-7-17-8-10(13)12(15)16/h1-5,10H,6-8H2,(H,15,16). The molecule has 1 aliphatic heterocycles. The first-order chi connectivity index (χ1) is 8.20. The van der Waals surface area contributed by atoms with Crippen LogP contribution >= 0.6 is 11.8 Å². The molecular weight excluding hydrogens is 238 g/mol. The van der Waals surface area contributed by atoms with Crippen LogP contribution in [0.5, 0.6) is 0 Å². The molecule has 1 aliphatic rings. The second-order valence-corrected chi connectivity index (χ2v) is 4.94. The third-order valence-corrected chi connectivity index (χ3v) is 3.72. The van der Waals surface area contributed by atoms with E-state index in [9.17, 15) is 9.59 Å². The number of nitrogens with zero attached hydrogens (tertiary/aromatic N) is 1. The number of aliphatic carboxylic acids is 1. The van der Waals surface area contributed by atoms with E-state index in [4.69, 9.17) is 5.11 Å². The summed E-state index contributed by atoms with van der Waals surface area (Å²) in [6, 6.07) is 8.11. The van der Waals surface area contributed by atoms with Gasteiger partial charge in [-0.2, -0.15) is 11.8 Å². The minimum Gasteiger partial charge on any atom is -0.480 e. The molecule has 90 valence electrons. The fourth-order valence-electron chi connectivity index (χ4n) is 1.80. The van der Waals surface area contributed by atoms with E-state index in [0.717, 1.165) is 5.75 Å². The normalized spacial score (nSPS) is 20.0. The molecule has 2 rings (SSSR count). The zero-order chi connectivity index (χ0) is 12.3. The monoisotopic (exact) mass is 251 g/mol. The van der Waals surface area contributed by atoms with Gasteiger partial charge in [0.05, 0.1) is 0 Å². The molecule has 4 nitrogen and oxygen atoms in total. The van der Waals surface area contributed by atoms with Crippen molar-refractivity contribution in [2.24, 2.45) is 0 Å². The lowest BCUT2D eigenvalue weighted by Crippen LogP contribution is -2.50. The van der Waals surface area contributed by atoms with Crippen molar-refractivity contribution in [1.29, 1.82) is 0 Å². The number of carbonyl (C=O) groups excluding carboxylic acids is 1. The second-order valence-electron chi connectivity index (χ2n) is 3.79. The molecule has 1 N–H and O–H groups in total. The Morgan fingerprint density at radius 1 is 1.29 bits per heavy atom. The summed E-state index contributed by atoms with van der Waals surface area (Å²) in [4.78, 5) is 24.7. The maximum atomic E-state index is 12.2. The first kappa shape index (κ1) is 12.0. The molecule has 0 saturated carbocycles. The molecule has 0 spiro atoms. The van der Waals surface area contributed by atoms with Crippen molar-refractivity contribution < 1.29 is 14.7 Å². The zero-order valence-corrected chi connectivity index (χ0v) is 10.0. The highest BCUT2D eigenvalue weighted by Gasteiger charge is 2.32. The van der Waals surface area contributed by atoms with Gasteiger partial charge in [-0.05, 0) is 12.1 Å². The number of carbonyl (C=O) groups is 2. The second kappa shape index (κ2) is 5.23. The Kier molecular flexibility index (Phi) is 3.68. The van der Waals surface area contributed by atoms with E-state index in [2.05, 4.69) is 0 Å². The molecule has 1 fully saturated rings. The predicted octanol–water partition coefficient (Wildman–Crippen LogP) is 1.33. The molecule has 1 aromatic carbocycles. The average Bonchev–Trinajstić information content (AvgIpc) is 2.39. The Hall–Kier alpha value is -1.49. The minimum atomic E-state index is -0.929. The van der Waals surface area contributed by atoms with Crippen molar-refractivity contribution in [3.63, 3.8) is 0 Å². The maximum absolute atomic E-state index is 12.2. The Morgan fingerprint density at radius 2 is 2.00 bits per heavy atom. The molecule has 0 aliphatic carbocycles. The molecule has 1 heterocycles. The Balaban J connectivity index is 2.20. The Labute approximate surface area is 104 Å². The lowest BCUT2D eigenvalue weighted by Gasteiger charge is -2.32. The topological polar surface area (TPSA) is 57.6 Å². The average molecular weight is 251 g/mol. The summed E-state index contributed by atoms with van der Waals surface area (Å²) >= 11 is 1.57. The Bertz CT molecular complexity index is 421. The van der Waals surface area contributed by atoms with Gasteiger partial charge in [-0.1, -0.05) is 18.2 Å². The lowest BCUT2D eigenvalue weighted by atomic mass is 10.1. The first-order valence-electron chi connectivity index (χ1n) is 5.36. The SMILES string of the molecule is O=C(O)C1CSCCN1C(=O)c1ccccc1. The van der Waals surface area contributed by atoms with Gasteiger partial charge in [0, 0.05) is 23.6 Å². The van der Waals surface area contributed by atoms with E-state index in [1.807, 2.05) is 6.07 Å². The maximum Gasteiger partial charge on any atom is 0.327 e. The third kappa shape index (κ3) is 2.61. The predicted molar refractivity (Wildman–Crippen MR) is 66.2 cm³/mol. The fourth-order valence-corrected chi connectivity index (χ4v) is 2.84. The molecule has 1 aromatic rings. The van der Waals surface area contributed by atoms with Crippen LogP contribution < -0.4 is 0 Å². The zero-order valence-electron chi connectivity index (χ0n) is 9.20. The van der Waals surface area contributed by atoms with E-state index in [1.54, 1.807) is 36.0 Å². The third-order valence-electron chi connectivity index (χ3n) is 2.70. The number of thioether (sulfide) groups is 1. The number of carboxylic acids is 1. The van der Waals surface area contributed by atoms with Crippen molar-refractivity contribution >= 4 is 23.6 Å². The smallest absolute Gasteiger partial charge is 0.327 e. The molecule has 0 bridgehead atoms. The van der Waals surface area contributed by atoms with Crippen LogP contribution in [-0.2, 0) is 4.79 Å². The molecule has 1 unspecified atom stereocenters. The van der Waals surface area contributed by atoms with E-state index >= 15 is 0 Å².